The first-order chi connectivity index (χ1) is 12.9. The van der Waals surface area contributed by atoms with Gasteiger partial charge in [0.15, 0.2) is 0 Å². The molecule has 2 aromatic carbocycles. The monoisotopic (exact) mass is 461 g/mol. The van der Waals surface area contributed by atoms with Gasteiger partial charge in [-0.05, 0) is 0 Å². The van der Waals surface area contributed by atoms with Crippen LogP contribution in [0.15, 0.2) is 42.5 Å². The van der Waals surface area contributed by atoms with E-state index in [1.54, 1.807) is 0 Å². The van der Waals surface area contributed by atoms with E-state index < -0.39 is 54.1 Å². The molecule has 0 radical (unpaired) electrons. The number of carbonyl (C=O) groups is 2. The Kier molecular flexibility index (Phi) is 6.26. The van der Waals surface area contributed by atoms with Gasteiger partial charge in [-0.1, -0.05) is 0 Å². The number of anilines is 1. The minimum absolute atomic E-state index is 0.249. The number of rotatable bonds is 5. The van der Waals surface area contributed by atoms with E-state index in [0.717, 1.165) is 43.3 Å². The second kappa shape index (κ2) is 8.12. The first kappa shape index (κ1) is 21.6. The van der Waals surface area contributed by atoms with E-state index in [0.29, 0.717) is 0 Å². The van der Waals surface area contributed by atoms with Crippen LogP contribution in [-0.4, -0.2) is 35.3 Å². The Bertz CT molecular complexity index is 960. The van der Waals surface area contributed by atoms with Crippen LogP contribution in [0.4, 0.5) is 18.9 Å². The summed E-state index contributed by atoms with van der Waals surface area (Å²) in [4.78, 5) is 23.3. The zero-order valence-electron chi connectivity index (χ0n) is 14.4. The first-order valence-corrected chi connectivity index (χ1v) is 11.0. The van der Waals surface area contributed by atoms with Gasteiger partial charge in [0.25, 0.3) is 0 Å². The van der Waals surface area contributed by atoms with E-state index in [-0.39, 0.29) is 11.4 Å². The van der Waals surface area contributed by atoms with Gasteiger partial charge in [0.2, 0.25) is 0 Å². The summed E-state index contributed by atoms with van der Waals surface area (Å²) in [5.74, 6) is -2.29. The quantitative estimate of drug-likeness (QED) is 0.585. The number of nitrogens with one attached hydrogen (secondary N) is 1. The van der Waals surface area contributed by atoms with Crippen LogP contribution >= 0.6 is 0 Å². The van der Waals surface area contributed by atoms with Gasteiger partial charge in [-0.2, -0.15) is 0 Å². The standard InChI is InChI=1S/C17H15AsF3NO6/c1-10(23)22-15-9-12(24)6-7-14(15)18(26,27)28-16(25)8-11-4-2-3-5-13(11)17(19,20)21/h2-7,9,24H,8H2,1H3,(H,22,23)(H,26,27). The molecule has 1 unspecified atom stereocenters. The predicted molar refractivity (Wildman–Crippen MR) is 91.9 cm³/mol. The number of halogens is 3. The van der Waals surface area contributed by atoms with Crippen LogP contribution in [0.3, 0.4) is 0 Å². The van der Waals surface area contributed by atoms with Crippen LogP contribution < -0.4 is 9.67 Å². The van der Waals surface area contributed by atoms with Crippen molar-refractivity contribution in [1.82, 2.24) is 0 Å². The van der Waals surface area contributed by atoms with Crippen LogP contribution in [0.25, 0.3) is 0 Å². The molecule has 2 aromatic rings. The molecule has 1 atom stereocenters. The molecule has 2 rings (SSSR count). The van der Waals surface area contributed by atoms with E-state index in [2.05, 4.69) is 9.04 Å². The van der Waals surface area contributed by atoms with Crippen LogP contribution in [0.5, 0.6) is 5.75 Å². The molecule has 150 valence electrons. The minimum atomic E-state index is -5.60. The molecule has 0 aliphatic rings. The Balaban J connectivity index is 2.28. The summed E-state index contributed by atoms with van der Waals surface area (Å²) in [7, 11) is 0. The average molecular weight is 461 g/mol. The van der Waals surface area contributed by atoms with Crippen molar-refractivity contribution < 1.29 is 39.4 Å². The van der Waals surface area contributed by atoms with Crippen molar-refractivity contribution in [2.45, 2.75) is 19.5 Å². The fraction of sp³-hybridized carbons (Fsp3) is 0.176. The van der Waals surface area contributed by atoms with Gasteiger partial charge in [-0.15, -0.1) is 0 Å². The van der Waals surface area contributed by atoms with Gasteiger partial charge in [-0.3, -0.25) is 0 Å². The van der Waals surface area contributed by atoms with Crippen molar-refractivity contribution in [1.29, 1.82) is 0 Å². The van der Waals surface area contributed by atoms with Gasteiger partial charge < -0.3 is 0 Å². The molecule has 0 heterocycles. The van der Waals surface area contributed by atoms with Crippen molar-refractivity contribution >= 4 is 36.1 Å². The van der Waals surface area contributed by atoms with Gasteiger partial charge in [0.1, 0.15) is 0 Å². The number of alkyl halides is 3. The molecular weight excluding hydrogens is 446 g/mol. The van der Waals surface area contributed by atoms with Crippen molar-refractivity contribution in [2.24, 2.45) is 0 Å². The second-order valence-electron chi connectivity index (χ2n) is 5.70. The molecule has 0 bridgehead atoms. The molecule has 0 fully saturated rings. The SMILES string of the molecule is CC(=O)Nc1cc(O)ccc1[As](=O)(O)OC(=O)Cc1ccccc1C(F)(F)F. The molecule has 0 aliphatic heterocycles. The molecule has 0 aromatic heterocycles. The zero-order valence-corrected chi connectivity index (χ0v) is 16.2. The summed E-state index contributed by atoms with van der Waals surface area (Å²) >= 11 is -5.60. The maximum atomic E-state index is 13.0. The third-order valence-electron chi connectivity index (χ3n) is 3.48. The van der Waals surface area contributed by atoms with Crippen LogP contribution in [-0.2, 0) is 29.7 Å². The third kappa shape index (κ3) is 5.40. The number of aromatic hydroxyl groups is 1. The fourth-order valence-electron chi connectivity index (χ4n) is 2.39. The number of carbonyl (C=O) groups excluding carboxylic acids is 2. The number of phenolic OH excluding ortho intramolecular Hbond substituents is 1. The van der Waals surface area contributed by atoms with E-state index in [1.807, 2.05) is 0 Å². The summed E-state index contributed by atoms with van der Waals surface area (Å²) in [6.45, 7) is 1.11. The molecule has 0 saturated carbocycles. The summed E-state index contributed by atoms with van der Waals surface area (Å²) in [5.41, 5.74) is -1.72. The maximum absolute atomic E-state index is 13.0. The summed E-state index contributed by atoms with van der Waals surface area (Å²) < 4.78 is 65.8. The molecule has 0 spiro atoms. The molecular formula is C17H15AsF3NO6. The van der Waals surface area contributed by atoms with Crippen molar-refractivity contribution in [3.63, 3.8) is 0 Å². The number of amides is 1. The van der Waals surface area contributed by atoms with Gasteiger partial charge in [0, 0.05) is 0 Å². The fourth-order valence-corrected chi connectivity index (χ4v) is 4.75. The van der Waals surface area contributed by atoms with E-state index in [4.69, 9.17) is 0 Å². The molecule has 28 heavy (non-hydrogen) atoms. The Hall–Kier alpha value is -2.71. The number of hydrogen-bond donors (Lipinski definition) is 3. The Morgan fingerprint density at radius 3 is 2.43 bits per heavy atom. The Labute approximate surface area is 160 Å². The topological polar surface area (TPSA) is 113 Å². The number of phenols is 1. The number of benzene rings is 2. The van der Waals surface area contributed by atoms with Crippen molar-refractivity contribution in [3.8, 4) is 5.75 Å². The summed E-state index contributed by atoms with van der Waals surface area (Å²) in [5, 5.41) is 11.7. The Morgan fingerprint density at radius 1 is 1.18 bits per heavy atom. The Morgan fingerprint density at radius 2 is 1.82 bits per heavy atom. The van der Waals surface area contributed by atoms with Crippen molar-refractivity contribution in [3.05, 3.63) is 53.6 Å². The first-order valence-electron chi connectivity index (χ1n) is 7.71. The van der Waals surface area contributed by atoms with E-state index in [9.17, 15) is 35.7 Å². The van der Waals surface area contributed by atoms with E-state index >= 15 is 0 Å². The molecule has 1 amide bonds. The summed E-state index contributed by atoms with van der Waals surface area (Å²) in [6.07, 6.45) is -5.59. The number of hydrogen-bond acceptors (Lipinski definition) is 5. The van der Waals surface area contributed by atoms with Crippen LogP contribution in [0.2, 0.25) is 0 Å². The van der Waals surface area contributed by atoms with Gasteiger partial charge in [0.05, 0.1) is 0 Å². The third-order valence-corrected chi connectivity index (χ3v) is 6.52. The van der Waals surface area contributed by atoms with Crippen LogP contribution in [0, 0.1) is 0 Å². The normalized spacial score (nSPS) is 13.5. The van der Waals surface area contributed by atoms with Gasteiger partial charge in [-0.25, -0.2) is 0 Å². The molecule has 0 aliphatic carbocycles. The van der Waals surface area contributed by atoms with Crippen LogP contribution in [0.1, 0.15) is 18.1 Å². The van der Waals surface area contributed by atoms with Gasteiger partial charge >= 0.3 is 160 Å². The molecule has 0 saturated heterocycles. The zero-order chi connectivity index (χ0) is 21.1. The average Bonchev–Trinajstić information content (AvgIpc) is 2.52. The summed E-state index contributed by atoms with van der Waals surface area (Å²) in [6, 6.07) is 7.27. The molecule has 3 N–H and O–H groups in total. The molecule has 7 nitrogen and oxygen atoms in total. The predicted octanol–water partition coefficient (Wildman–Crippen LogP) is 1.72. The molecule has 11 heteroatoms. The second-order valence-corrected chi connectivity index (χ2v) is 9.28. The van der Waals surface area contributed by atoms with Crippen molar-refractivity contribution in [2.75, 3.05) is 5.32 Å². The van der Waals surface area contributed by atoms with E-state index in [1.165, 1.54) is 6.07 Å².